The summed E-state index contributed by atoms with van der Waals surface area (Å²) in [5, 5.41) is 15.1. The third-order valence-corrected chi connectivity index (χ3v) is 4.25. The second-order valence-electron chi connectivity index (χ2n) is 5.85. The van der Waals surface area contributed by atoms with E-state index in [4.69, 9.17) is 0 Å². The van der Waals surface area contributed by atoms with Gasteiger partial charge < -0.3 is 10.4 Å². The van der Waals surface area contributed by atoms with E-state index in [0.717, 1.165) is 36.5 Å². The Kier molecular flexibility index (Phi) is 3.88. The van der Waals surface area contributed by atoms with Crippen LogP contribution in [-0.2, 0) is 0 Å². The van der Waals surface area contributed by atoms with E-state index in [1.54, 1.807) is 6.20 Å². The monoisotopic (exact) mass is 284 g/mol. The second-order valence-corrected chi connectivity index (χ2v) is 5.85. The van der Waals surface area contributed by atoms with Crippen molar-refractivity contribution in [2.45, 2.75) is 37.7 Å². The standard InChI is InChI=1S/C17H20N2O2/c20-16(19-12-17(21)9-4-1-5-10-17)15-14-7-3-2-6-13(14)8-11-18-15/h2-3,6-8,11,21H,1,4-5,9-10,12H2,(H,19,20). The van der Waals surface area contributed by atoms with Gasteiger partial charge in [0.1, 0.15) is 5.69 Å². The van der Waals surface area contributed by atoms with Gasteiger partial charge in [-0.05, 0) is 24.3 Å². The van der Waals surface area contributed by atoms with E-state index in [-0.39, 0.29) is 5.91 Å². The molecule has 1 saturated carbocycles. The van der Waals surface area contributed by atoms with Crippen molar-refractivity contribution >= 4 is 16.7 Å². The summed E-state index contributed by atoms with van der Waals surface area (Å²) in [6.07, 6.45) is 6.39. The predicted octanol–water partition coefficient (Wildman–Crippen LogP) is 2.66. The van der Waals surface area contributed by atoms with Crippen LogP contribution in [0, 0.1) is 0 Å². The van der Waals surface area contributed by atoms with E-state index in [9.17, 15) is 9.90 Å². The molecule has 2 N–H and O–H groups in total. The summed E-state index contributed by atoms with van der Waals surface area (Å²) in [5.74, 6) is -0.217. The lowest BCUT2D eigenvalue weighted by molar-refractivity contribution is 0.00523. The predicted molar refractivity (Wildman–Crippen MR) is 82.1 cm³/mol. The molecule has 21 heavy (non-hydrogen) atoms. The molecule has 0 saturated heterocycles. The van der Waals surface area contributed by atoms with Crippen LogP contribution in [0.15, 0.2) is 36.5 Å². The molecule has 2 aromatic rings. The van der Waals surface area contributed by atoms with E-state index in [1.165, 1.54) is 6.42 Å². The van der Waals surface area contributed by atoms with Gasteiger partial charge in [0.05, 0.1) is 5.60 Å². The highest BCUT2D eigenvalue weighted by Gasteiger charge is 2.29. The summed E-state index contributed by atoms with van der Waals surface area (Å²) in [6.45, 7) is 0.302. The molecule has 1 aliphatic carbocycles. The van der Waals surface area contributed by atoms with Crippen LogP contribution in [0.3, 0.4) is 0 Å². The van der Waals surface area contributed by atoms with E-state index in [2.05, 4.69) is 10.3 Å². The first-order chi connectivity index (χ1) is 10.2. The summed E-state index contributed by atoms with van der Waals surface area (Å²) in [5.41, 5.74) is -0.328. The lowest BCUT2D eigenvalue weighted by Gasteiger charge is -2.32. The molecule has 0 radical (unpaired) electrons. The fraction of sp³-hybridized carbons (Fsp3) is 0.412. The van der Waals surface area contributed by atoms with Gasteiger partial charge in [-0.25, -0.2) is 0 Å². The average molecular weight is 284 g/mol. The Morgan fingerprint density at radius 1 is 1.19 bits per heavy atom. The number of benzene rings is 1. The lowest BCUT2D eigenvalue weighted by atomic mass is 9.85. The fourth-order valence-electron chi connectivity index (χ4n) is 3.02. The number of pyridine rings is 1. The maximum Gasteiger partial charge on any atom is 0.270 e. The quantitative estimate of drug-likeness (QED) is 0.911. The molecule has 1 aromatic carbocycles. The van der Waals surface area contributed by atoms with Crippen molar-refractivity contribution in [3.63, 3.8) is 0 Å². The number of aliphatic hydroxyl groups is 1. The van der Waals surface area contributed by atoms with Gasteiger partial charge >= 0.3 is 0 Å². The topological polar surface area (TPSA) is 62.2 Å². The van der Waals surface area contributed by atoms with Crippen molar-refractivity contribution in [3.05, 3.63) is 42.2 Å². The summed E-state index contributed by atoms with van der Waals surface area (Å²) in [7, 11) is 0. The van der Waals surface area contributed by atoms with Crippen LogP contribution in [0.2, 0.25) is 0 Å². The highest BCUT2D eigenvalue weighted by Crippen LogP contribution is 2.27. The highest BCUT2D eigenvalue weighted by atomic mass is 16.3. The molecule has 1 aliphatic rings. The minimum Gasteiger partial charge on any atom is -0.388 e. The first kappa shape index (κ1) is 14.0. The van der Waals surface area contributed by atoms with Crippen molar-refractivity contribution in [3.8, 4) is 0 Å². The average Bonchev–Trinajstić information content (AvgIpc) is 2.53. The van der Waals surface area contributed by atoms with E-state index < -0.39 is 5.60 Å². The molecule has 3 rings (SSSR count). The molecule has 0 bridgehead atoms. The molecule has 1 heterocycles. The number of carbonyl (C=O) groups is 1. The SMILES string of the molecule is O=C(NCC1(O)CCCCC1)c1nccc2ccccc12. The number of aromatic nitrogens is 1. The van der Waals surface area contributed by atoms with Crippen LogP contribution in [0.25, 0.3) is 10.8 Å². The molecule has 1 aromatic heterocycles. The zero-order chi connectivity index (χ0) is 14.7. The number of nitrogens with zero attached hydrogens (tertiary/aromatic N) is 1. The first-order valence-electron chi connectivity index (χ1n) is 7.52. The summed E-state index contributed by atoms with van der Waals surface area (Å²) in [6, 6.07) is 9.58. The Hall–Kier alpha value is -1.94. The van der Waals surface area contributed by atoms with Gasteiger partial charge in [-0.2, -0.15) is 0 Å². The van der Waals surface area contributed by atoms with Crippen molar-refractivity contribution in [1.29, 1.82) is 0 Å². The van der Waals surface area contributed by atoms with Crippen molar-refractivity contribution in [2.75, 3.05) is 6.54 Å². The lowest BCUT2D eigenvalue weighted by Crippen LogP contribution is -2.44. The molecule has 0 unspecified atom stereocenters. The number of hydrogen-bond acceptors (Lipinski definition) is 3. The largest absolute Gasteiger partial charge is 0.388 e. The molecule has 0 atom stereocenters. The third-order valence-electron chi connectivity index (χ3n) is 4.25. The van der Waals surface area contributed by atoms with Gasteiger partial charge in [-0.3, -0.25) is 9.78 Å². The van der Waals surface area contributed by atoms with E-state index in [1.807, 2.05) is 30.3 Å². The van der Waals surface area contributed by atoms with Crippen LogP contribution < -0.4 is 5.32 Å². The summed E-state index contributed by atoms with van der Waals surface area (Å²) >= 11 is 0. The van der Waals surface area contributed by atoms with Gasteiger partial charge in [-0.1, -0.05) is 43.5 Å². The Morgan fingerprint density at radius 3 is 2.76 bits per heavy atom. The molecule has 4 nitrogen and oxygen atoms in total. The van der Waals surface area contributed by atoms with Crippen molar-refractivity contribution in [1.82, 2.24) is 10.3 Å². The van der Waals surface area contributed by atoms with Gasteiger partial charge in [0.25, 0.3) is 5.91 Å². The maximum atomic E-state index is 12.4. The normalized spacial score (nSPS) is 17.6. The Morgan fingerprint density at radius 2 is 1.95 bits per heavy atom. The van der Waals surface area contributed by atoms with Crippen LogP contribution in [0.4, 0.5) is 0 Å². The maximum absolute atomic E-state index is 12.4. The van der Waals surface area contributed by atoms with Crippen LogP contribution in [-0.4, -0.2) is 28.1 Å². The van der Waals surface area contributed by atoms with E-state index in [0.29, 0.717) is 12.2 Å². The number of amides is 1. The summed E-state index contributed by atoms with van der Waals surface area (Å²) in [4.78, 5) is 16.6. The molecular formula is C17H20N2O2. The Bertz CT molecular complexity index is 643. The number of carbonyl (C=O) groups excluding carboxylic acids is 1. The van der Waals surface area contributed by atoms with Gasteiger partial charge in [-0.15, -0.1) is 0 Å². The zero-order valence-corrected chi connectivity index (χ0v) is 12.0. The number of fused-ring (bicyclic) bond motifs is 1. The molecule has 110 valence electrons. The van der Waals surface area contributed by atoms with Crippen LogP contribution in [0.1, 0.15) is 42.6 Å². The van der Waals surface area contributed by atoms with Gasteiger partial charge in [0, 0.05) is 18.1 Å². The minimum atomic E-state index is -0.751. The minimum absolute atomic E-state index is 0.217. The Balaban J connectivity index is 1.75. The van der Waals surface area contributed by atoms with Crippen LogP contribution >= 0.6 is 0 Å². The third kappa shape index (κ3) is 3.05. The summed E-state index contributed by atoms with van der Waals surface area (Å²) < 4.78 is 0. The molecular weight excluding hydrogens is 264 g/mol. The smallest absolute Gasteiger partial charge is 0.270 e. The van der Waals surface area contributed by atoms with Gasteiger partial charge in [0.15, 0.2) is 0 Å². The Labute approximate surface area is 124 Å². The fourth-order valence-corrected chi connectivity index (χ4v) is 3.02. The van der Waals surface area contributed by atoms with Crippen LogP contribution in [0.5, 0.6) is 0 Å². The molecule has 0 aliphatic heterocycles. The van der Waals surface area contributed by atoms with E-state index >= 15 is 0 Å². The number of rotatable bonds is 3. The number of hydrogen-bond donors (Lipinski definition) is 2. The molecule has 1 amide bonds. The number of nitrogens with one attached hydrogen (secondary N) is 1. The first-order valence-corrected chi connectivity index (χ1v) is 7.52. The molecule has 1 fully saturated rings. The van der Waals surface area contributed by atoms with Crippen molar-refractivity contribution < 1.29 is 9.90 Å². The second kappa shape index (κ2) is 5.82. The molecule has 4 heteroatoms. The van der Waals surface area contributed by atoms with Crippen molar-refractivity contribution in [2.24, 2.45) is 0 Å². The molecule has 0 spiro atoms. The highest BCUT2D eigenvalue weighted by molar-refractivity contribution is 6.05. The van der Waals surface area contributed by atoms with Gasteiger partial charge in [0.2, 0.25) is 0 Å². The zero-order valence-electron chi connectivity index (χ0n) is 12.0.